The third-order valence-electron chi connectivity index (χ3n) is 5.27. The molecule has 0 aliphatic rings. The van der Waals surface area contributed by atoms with E-state index in [4.69, 9.17) is 30.5 Å². The molecule has 8 nitrogen and oxygen atoms in total. The second-order valence-electron chi connectivity index (χ2n) is 7.68. The number of aromatic nitrogens is 2. The largest absolute Gasteiger partial charge is 0.368 e. The molecule has 0 amide bonds. The zero-order chi connectivity index (χ0) is 26.2. The van der Waals surface area contributed by atoms with E-state index in [9.17, 15) is 9.90 Å². The predicted molar refractivity (Wildman–Crippen MR) is 138 cm³/mol. The molecule has 36 heavy (non-hydrogen) atoms. The van der Waals surface area contributed by atoms with Crippen molar-refractivity contribution in [3.63, 3.8) is 0 Å². The highest BCUT2D eigenvalue weighted by atomic mass is 35.5. The van der Waals surface area contributed by atoms with Gasteiger partial charge in [0.15, 0.2) is 11.3 Å². The maximum atomic E-state index is 13.2. The van der Waals surface area contributed by atoms with E-state index < -0.39 is 23.2 Å². The average Bonchev–Trinajstić information content (AvgIpc) is 2.87. The number of rotatable bonds is 11. The van der Waals surface area contributed by atoms with Crippen LogP contribution < -0.4 is 5.56 Å². The molecule has 3 aromatic rings. The number of halogens is 1. The van der Waals surface area contributed by atoms with E-state index in [2.05, 4.69) is 21.8 Å². The van der Waals surface area contributed by atoms with Gasteiger partial charge in [-0.2, -0.15) is 0 Å². The summed E-state index contributed by atoms with van der Waals surface area (Å²) in [4.78, 5) is 20.4. The number of nitrogens with zero attached hydrogens (tertiary/aromatic N) is 1. The van der Waals surface area contributed by atoms with Crippen molar-refractivity contribution in [3.05, 3.63) is 75.2 Å². The van der Waals surface area contributed by atoms with Crippen molar-refractivity contribution < 1.29 is 24.1 Å². The Hall–Kier alpha value is -2.77. The second kappa shape index (κ2) is 12.5. The lowest BCUT2D eigenvalue weighted by Crippen LogP contribution is -2.50. The van der Waals surface area contributed by atoms with Crippen molar-refractivity contribution in [1.29, 1.82) is 0 Å². The van der Waals surface area contributed by atoms with E-state index in [0.717, 1.165) is 0 Å². The van der Waals surface area contributed by atoms with Gasteiger partial charge >= 0.3 is 0 Å². The van der Waals surface area contributed by atoms with Crippen LogP contribution in [0.4, 0.5) is 0 Å². The van der Waals surface area contributed by atoms with Crippen LogP contribution in [-0.4, -0.2) is 53.6 Å². The monoisotopic (exact) mass is 514 g/mol. The smallest absolute Gasteiger partial charge is 0.287 e. The van der Waals surface area contributed by atoms with Gasteiger partial charge in [-0.05, 0) is 57.9 Å². The Balaban J connectivity index is 2.31. The van der Waals surface area contributed by atoms with E-state index >= 15 is 0 Å². The first-order chi connectivity index (χ1) is 17.3. The topological polar surface area (TPSA) is 103 Å². The number of H-pyrrole nitrogens is 1. The number of benzene rings is 2. The van der Waals surface area contributed by atoms with Crippen molar-refractivity contribution >= 4 is 22.6 Å². The Bertz CT molecular complexity index is 1270. The van der Waals surface area contributed by atoms with Gasteiger partial charge in [0.05, 0.1) is 11.0 Å². The maximum absolute atomic E-state index is 13.2. The first-order valence-corrected chi connectivity index (χ1v) is 12.2. The van der Waals surface area contributed by atoms with Crippen LogP contribution in [0.5, 0.6) is 0 Å². The number of hydrogen-bond acceptors (Lipinski definition) is 7. The fourth-order valence-electron chi connectivity index (χ4n) is 3.74. The average molecular weight is 515 g/mol. The molecule has 0 saturated heterocycles. The second-order valence-corrected chi connectivity index (χ2v) is 8.12. The van der Waals surface area contributed by atoms with Crippen LogP contribution in [0.15, 0.2) is 53.3 Å². The van der Waals surface area contributed by atoms with E-state index in [1.54, 1.807) is 56.3 Å². The molecule has 2 N–H and O–H groups in total. The molecule has 1 atom stereocenters. The van der Waals surface area contributed by atoms with Gasteiger partial charge in [-0.1, -0.05) is 41.8 Å². The summed E-state index contributed by atoms with van der Waals surface area (Å²) in [6.07, 6.45) is -1.02. The van der Waals surface area contributed by atoms with Crippen LogP contribution in [-0.2, 0) is 24.5 Å². The first-order valence-electron chi connectivity index (χ1n) is 11.9. The van der Waals surface area contributed by atoms with Crippen LogP contribution in [0.2, 0.25) is 5.02 Å². The highest BCUT2D eigenvalue weighted by Gasteiger charge is 2.43. The highest BCUT2D eigenvalue weighted by Crippen LogP contribution is 2.30. The van der Waals surface area contributed by atoms with Gasteiger partial charge in [0.2, 0.25) is 6.29 Å². The van der Waals surface area contributed by atoms with Gasteiger partial charge in [0, 0.05) is 37.0 Å². The SMILES string of the molecule is CCOC(OCC)C(C#CC(O)(c1cccc(Cl)c1)c1nc2ccccc2[nH]c1=O)(OCC)OCC. The summed E-state index contributed by atoms with van der Waals surface area (Å²) in [5, 5.41) is 12.4. The number of hydrogen-bond donors (Lipinski definition) is 2. The van der Waals surface area contributed by atoms with E-state index in [-0.39, 0.29) is 24.5 Å². The van der Waals surface area contributed by atoms with Crippen molar-refractivity contribution in [1.82, 2.24) is 9.97 Å². The zero-order valence-corrected chi connectivity index (χ0v) is 21.6. The minimum atomic E-state index is -2.18. The molecule has 0 bridgehead atoms. The Morgan fingerprint density at radius 1 is 0.972 bits per heavy atom. The number of aromatic amines is 1. The standard InChI is InChI=1S/C27H31ClN2O6/c1-5-33-25(34-6-2)27(35-7-3,36-8-4)17-16-26(32,19-12-11-13-20(28)18-19)23-24(31)30-22-15-10-9-14-21(22)29-23/h9-15,18,25,32H,5-8H2,1-4H3,(H,30,31). The van der Waals surface area contributed by atoms with Crippen LogP contribution in [0.1, 0.15) is 39.0 Å². The molecule has 192 valence electrons. The van der Waals surface area contributed by atoms with Crippen molar-refractivity contribution in [2.75, 3.05) is 26.4 Å². The lowest BCUT2D eigenvalue weighted by molar-refractivity contribution is -0.321. The van der Waals surface area contributed by atoms with Crippen molar-refractivity contribution in [3.8, 4) is 11.8 Å². The number of nitrogens with one attached hydrogen (secondary N) is 1. The molecule has 0 fully saturated rings. The van der Waals surface area contributed by atoms with E-state index in [0.29, 0.717) is 29.3 Å². The van der Waals surface area contributed by atoms with Gasteiger partial charge in [0.25, 0.3) is 11.3 Å². The van der Waals surface area contributed by atoms with Crippen LogP contribution in [0.3, 0.4) is 0 Å². The lowest BCUT2D eigenvalue weighted by Gasteiger charge is -2.35. The van der Waals surface area contributed by atoms with Gasteiger partial charge in [-0.15, -0.1) is 0 Å². The van der Waals surface area contributed by atoms with E-state index in [1.807, 2.05) is 13.8 Å². The third kappa shape index (κ3) is 5.95. The minimum Gasteiger partial charge on any atom is -0.368 e. The molecule has 0 radical (unpaired) electrons. The summed E-state index contributed by atoms with van der Waals surface area (Å²) in [5.74, 6) is 4.04. The van der Waals surface area contributed by atoms with Gasteiger partial charge in [-0.25, -0.2) is 4.98 Å². The molecule has 2 aromatic carbocycles. The quantitative estimate of drug-likeness (QED) is 0.294. The number of aliphatic hydroxyl groups is 1. The van der Waals surface area contributed by atoms with Gasteiger partial charge < -0.3 is 29.0 Å². The van der Waals surface area contributed by atoms with E-state index in [1.165, 1.54) is 6.07 Å². The molecule has 1 unspecified atom stereocenters. The van der Waals surface area contributed by atoms with Crippen LogP contribution in [0.25, 0.3) is 11.0 Å². The van der Waals surface area contributed by atoms with Crippen molar-refractivity contribution in [2.24, 2.45) is 0 Å². The Kier molecular flexibility index (Phi) is 9.63. The Labute approximate surface area is 215 Å². The molecule has 0 aliphatic heterocycles. The Morgan fingerprint density at radius 3 is 2.25 bits per heavy atom. The predicted octanol–water partition coefficient (Wildman–Crippen LogP) is 3.98. The first kappa shape index (κ1) is 27.8. The molecule has 1 heterocycles. The molecule has 0 saturated carbocycles. The summed E-state index contributed by atoms with van der Waals surface area (Å²) in [6.45, 7) is 8.22. The summed E-state index contributed by atoms with van der Waals surface area (Å²) in [6, 6.07) is 13.5. The molecule has 0 aliphatic carbocycles. The maximum Gasteiger partial charge on any atom is 0.287 e. The fraction of sp³-hybridized carbons (Fsp3) is 0.407. The number of para-hydroxylation sites is 2. The summed E-state index contributed by atoms with van der Waals surface area (Å²) in [5.41, 5.74) is -1.74. The molecule has 1 aromatic heterocycles. The molecule has 3 rings (SSSR count). The van der Waals surface area contributed by atoms with Gasteiger partial charge in [0.1, 0.15) is 0 Å². The number of ether oxygens (including phenoxy) is 4. The molecule has 0 spiro atoms. The summed E-state index contributed by atoms with van der Waals surface area (Å²) in [7, 11) is 0. The minimum absolute atomic E-state index is 0.218. The lowest BCUT2D eigenvalue weighted by atomic mass is 9.90. The molecule has 9 heteroatoms. The third-order valence-corrected chi connectivity index (χ3v) is 5.50. The zero-order valence-electron chi connectivity index (χ0n) is 20.8. The van der Waals surface area contributed by atoms with Gasteiger partial charge in [-0.3, -0.25) is 4.79 Å². The molecular formula is C27H31ClN2O6. The fourth-order valence-corrected chi connectivity index (χ4v) is 3.93. The normalized spacial score (nSPS) is 13.4. The Morgan fingerprint density at radius 2 is 1.64 bits per heavy atom. The highest BCUT2D eigenvalue weighted by molar-refractivity contribution is 6.30. The molecular weight excluding hydrogens is 484 g/mol. The van der Waals surface area contributed by atoms with Crippen molar-refractivity contribution in [2.45, 2.75) is 45.4 Å². The number of fused-ring (bicyclic) bond motifs is 1. The summed E-state index contributed by atoms with van der Waals surface area (Å²) >= 11 is 6.24. The summed E-state index contributed by atoms with van der Waals surface area (Å²) < 4.78 is 23.4. The van der Waals surface area contributed by atoms with Crippen LogP contribution >= 0.6 is 11.6 Å². The van der Waals surface area contributed by atoms with Crippen LogP contribution in [0, 0.1) is 11.8 Å².